The van der Waals surface area contributed by atoms with Crippen molar-refractivity contribution in [1.29, 1.82) is 0 Å². The van der Waals surface area contributed by atoms with Crippen molar-refractivity contribution < 1.29 is 4.74 Å². The quantitative estimate of drug-likeness (QED) is 0.904. The van der Waals surface area contributed by atoms with E-state index in [1.165, 1.54) is 23.4 Å². The molecule has 1 saturated heterocycles. The maximum absolute atomic E-state index is 5.48. The third kappa shape index (κ3) is 2.68. The highest BCUT2D eigenvalue weighted by atomic mass is 32.1. The maximum Gasteiger partial charge on any atom is 0.186 e. The molecule has 18 heavy (non-hydrogen) atoms. The molecule has 1 atom stereocenters. The molecule has 1 saturated carbocycles. The molecule has 1 unspecified atom stereocenters. The summed E-state index contributed by atoms with van der Waals surface area (Å²) in [5, 5.41) is 4.73. The maximum atomic E-state index is 5.48. The molecule has 0 bridgehead atoms. The van der Waals surface area contributed by atoms with Crippen molar-refractivity contribution in [3.8, 4) is 0 Å². The summed E-state index contributed by atoms with van der Waals surface area (Å²) in [6.45, 7) is 7.90. The normalized spacial score (nSPS) is 24.6. The third-order valence-corrected chi connectivity index (χ3v) is 4.82. The molecule has 5 heteroatoms. The molecule has 0 radical (unpaired) electrons. The smallest absolute Gasteiger partial charge is 0.186 e. The summed E-state index contributed by atoms with van der Waals surface area (Å²) in [5.41, 5.74) is 1.18. The molecule has 0 amide bonds. The fourth-order valence-electron chi connectivity index (χ4n) is 2.24. The summed E-state index contributed by atoms with van der Waals surface area (Å²) in [6, 6.07) is 1.20. The molecule has 0 aromatic carbocycles. The molecule has 2 heterocycles. The van der Waals surface area contributed by atoms with Gasteiger partial charge in [-0.3, -0.25) is 0 Å². The molecule has 0 spiro atoms. The largest absolute Gasteiger partial charge is 0.377 e. The van der Waals surface area contributed by atoms with Crippen LogP contribution in [0.5, 0.6) is 0 Å². The molecule has 1 aromatic heterocycles. The number of anilines is 1. The van der Waals surface area contributed by atoms with Gasteiger partial charge in [-0.2, -0.15) is 0 Å². The van der Waals surface area contributed by atoms with Gasteiger partial charge in [0.2, 0.25) is 0 Å². The molecule has 3 rings (SSSR count). The zero-order valence-corrected chi connectivity index (χ0v) is 11.9. The Morgan fingerprint density at radius 1 is 1.50 bits per heavy atom. The minimum Gasteiger partial charge on any atom is -0.377 e. The number of hydrogen-bond acceptors (Lipinski definition) is 5. The van der Waals surface area contributed by atoms with Gasteiger partial charge >= 0.3 is 0 Å². The van der Waals surface area contributed by atoms with Gasteiger partial charge in [-0.05, 0) is 26.7 Å². The van der Waals surface area contributed by atoms with Gasteiger partial charge in [-0.15, -0.1) is 11.3 Å². The number of nitrogens with one attached hydrogen (secondary N) is 1. The molecule has 1 aliphatic carbocycles. The Labute approximate surface area is 112 Å². The van der Waals surface area contributed by atoms with Crippen LogP contribution in [0.2, 0.25) is 0 Å². The van der Waals surface area contributed by atoms with E-state index in [0.717, 1.165) is 37.5 Å². The van der Waals surface area contributed by atoms with Crippen LogP contribution in [0, 0.1) is 6.92 Å². The van der Waals surface area contributed by atoms with Gasteiger partial charge in [0.1, 0.15) is 0 Å². The Kier molecular flexibility index (Phi) is 3.54. The lowest BCUT2D eigenvalue weighted by Gasteiger charge is -2.32. The summed E-state index contributed by atoms with van der Waals surface area (Å²) >= 11 is 1.84. The van der Waals surface area contributed by atoms with Crippen LogP contribution < -0.4 is 10.2 Å². The van der Waals surface area contributed by atoms with E-state index in [2.05, 4.69) is 24.1 Å². The average Bonchev–Trinajstić information content (AvgIpc) is 3.11. The Balaban J connectivity index is 1.69. The van der Waals surface area contributed by atoms with Gasteiger partial charge in [0.25, 0.3) is 0 Å². The van der Waals surface area contributed by atoms with Gasteiger partial charge in [-0.25, -0.2) is 4.98 Å². The van der Waals surface area contributed by atoms with E-state index in [9.17, 15) is 0 Å². The molecule has 1 aromatic rings. The predicted octanol–water partition coefficient (Wildman–Crippen LogP) is 1.93. The lowest BCUT2D eigenvalue weighted by atomic mass is 10.3. The molecular formula is C13H21N3OS. The van der Waals surface area contributed by atoms with Crippen LogP contribution in [0.1, 0.15) is 30.3 Å². The summed E-state index contributed by atoms with van der Waals surface area (Å²) in [4.78, 5) is 8.49. The van der Waals surface area contributed by atoms with Crippen LogP contribution in [-0.4, -0.2) is 36.8 Å². The highest BCUT2D eigenvalue weighted by molar-refractivity contribution is 7.15. The van der Waals surface area contributed by atoms with Gasteiger partial charge in [0, 0.05) is 24.0 Å². The standard InChI is InChI=1S/C13H21N3OS/c1-9-8-17-6-5-16(9)13-15-10(2)12(18-13)7-14-11-3-4-11/h9,11,14H,3-8H2,1-2H3. The Morgan fingerprint density at radius 2 is 2.33 bits per heavy atom. The SMILES string of the molecule is Cc1nc(N2CCOCC2C)sc1CNC1CC1. The van der Waals surface area contributed by atoms with Crippen molar-refractivity contribution in [3.05, 3.63) is 10.6 Å². The van der Waals surface area contributed by atoms with E-state index >= 15 is 0 Å². The lowest BCUT2D eigenvalue weighted by Crippen LogP contribution is -2.43. The molecular weight excluding hydrogens is 246 g/mol. The number of nitrogens with zero attached hydrogens (tertiary/aromatic N) is 2. The molecule has 100 valence electrons. The summed E-state index contributed by atoms with van der Waals surface area (Å²) in [7, 11) is 0. The van der Waals surface area contributed by atoms with Crippen LogP contribution >= 0.6 is 11.3 Å². The minimum atomic E-state index is 0.438. The Bertz CT molecular complexity index is 416. The zero-order chi connectivity index (χ0) is 12.5. The first-order valence-electron chi connectivity index (χ1n) is 6.78. The van der Waals surface area contributed by atoms with E-state index in [1.54, 1.807) is 0 Å². The van der Waals surface area contributed by atoms with E-state index in [-0.39, 0.29) is 0 Å². The second-order valence-corrected chi connectivity index (χ2v) is 6.34. The first-order valence-corrected chi connectivity index (χ1v) is 7.60. The van der Waals surface area contributed by atoms with Crippen molar-refractivity contribution in [1.82, 2.24) is 10.3 Å². The number of aryl methyl sites for hydroxylation is 1. The van der Waals surface area contributed by atoms with E-state index in [0.29, 0.717) is 6.04 Å². The topological polar surface area (TPSA) is 37.4 Å². The number of aromatic nitrogens is 1. The summed E-state index contributed by atoms with van der Waals surface area (Å²) in [5.74, 6) is 0. The predicted molar refractivity (Wildman–Crippen MR) is 74.3 cm³/mol. The van der Waals surface area contributed by atoms with Crippen LogP contribution in [0.25, 0.3) is 0 Å². The Morgan fingerprint density at radius 3 is 3.06 bits per heavy atom. The monoisotopic (exact) mass is 267 g/mol. The molecule has 2 fully saturated rings. The number of morpholine rings is 1. The fraction of sp³-hybridized carbons (Fsp3) is 0.769. The third-order valence-electron chi connectivity index (χ3n) is 3.62. The van der Waals surface area contributed by atoms with Gasteiger partial charge in [-0.1, -0.05) is 0 Å². The van der Waals surface area contributed by atoms with Crippen LogP contribution in [0.3, 0.4) is 0 Å². The highest BCUT2D eigenvalue weighted by Crippen LogP contribution is 2.29. The summed E-state index contributed by atoms with van der Waals surface area (Å²) in [6.07, 6.45) is 2.68. The second-order valence-electron chi connectivity index (χ2n) is 5.28. The first-order chi connectivity index (χ1) is 8.74. The molecule has 2 aliphatic rings. The molecule has 4 nitrogen and oxygen atoms in total. The number of ether oxygens (including phenoxy) is 1. The van der Waals surface area contributed by atoms with Crippen molar-refractivity contribution in [2.75, 3.05) is 24.7 Å². The average molecular weight is 267 g/mol. The number of thiazole rings is 1. The van der Waals surface area contributed by atoms with Gasteiger partial charge < -0.3 is 15.0 Å². The van der Waals surface area contributed by atoms with Gasteiger partial charge in [0.05, 0.1) is 24.9 Å². The van der Waals surface area contributed by atoms with E-state index < -0.39 is 0 Å². The van der Waals surface area contributed by atoms with Crippen molar-refractivity contribution >= 4 is 16.5 Å². The van der Waals surface area contributed by atoms with Crippen LogP contribution in [-0.2, 0) is 11.3 Å². The van der Waals surface area contributed by atoms with E-state index in [4.69, 9.17) is 9.72 Å². The lowest BCUT2D eigenvalue weighted by molar-refractivity contribution is 0.0989. The minimum absolute atomic E-state index is 0.438. The van der Waals surface area contributed by atoms with Crippen LogP contribution in [0.4, 0.5) is 5.13 Å². The van der Waals surface area contributed by atoms with Crippen LogP contribution in [0.15, 0.2) is 0 Å². The van der Waals surface area contributed by atoms with Gasteiger partial charge in [0.15, 0.2) is 5.13 Å². The number of hydrogen-bond donors (Lipinski definition) is 1. The highest BCUT2D eigenvalue weighted by Gasteiger charge is 2.24. The Hall–Kier alpha value is -0.650. The fourth-order valence-corrected chi connectivity index (χ4v) is 3.38. The van der Waals surface area contributed by atoms with Crippen molar-refractivity contribution in [3.63, 3.8) is 0 Å². The van der Waals surface area contributed by atoms with E-state index in [1.807, 2.05) is 11.3 Å². The molecule has 1 N–H and O–H groups in total. The van der Waals surface area contributed by atoms with Crippen molar-refractivity contribution in [2.24, 2.45) is 0 Å². The molecule has 1 aliphatic heterocycles. The zero-order valence-electron chi connectivity index (χ0n) is 11.1. The number of rotatable bonds is 4. The summed E-state index contributed by atoms with van der Waals surface area (Å²) < 4.78 is 5.48. The second kappa shape index (κ2) is 5.15. The van der Waals surface area contributed by atoms with Crippen molar-refractivity contribution in [2.45, 2.75) is 45.3 Å². The first kappa shape index (κ1) is 12.4.